The molecule has 0 fully saturated rings. The minimum Gasteiger partial charge on any atom is -0.502 e. The number of nitrogens with zero attached hydrogens (tertiary/aromatic N) is 3. The van der Waals surface area contributed by atoms with Crippen molar-refractivity contribution in [1.82, 2.24) is 9.88 Å². The summed E-state index contributed by atoms with van der Waals surface area (Å²) >= 11 is 0. The van der Waals surface area contributed by atoms with E-state index in [1.165, 1.54) is 11.0 Å². The quantitative estimate of drug-likeness (QED) is 0.691. The second-order valence-corrected chi connectivity index (χ2v) is 4.81. The van der Waals surface area contributed by atoms with E-state index >= 15 is 0 Å². The third-order valence-electron chi connectivity index (χ3n) is 3.44. The molecule has 2 rings (SSSR count). The lowest BCUT2D eigenvalue weighted by Crippen LogP contribution is -2.30. The molecule has 7 heteroatoms. The second-order valence-electron chi connectivity index (χ2n) is 4.81. The number of carbonyl (C=O) groups excluding carboxylic acids is 1. The van der Waals surface area contributed by atoms with Crippen molar-refractivity contribution < 1.29 is 14.8 Å². The third-order valence-corrected chi connectivity index (χ3v) is 3.44. The molecular formula is C15H15N3O4. The van der Waals surface area contributed by atoms with Crippen LogP contribution in [0.25, 0.3) is 0 Å². The first-order valence-corrected chi connectivity index (χ1v) is 6.57. The van der Waals surface area contributed by atoms with E-state index in [4.69, 9.17) is 0 Å². The van der Waals surface area contributed by atoms with Crippen molar-refractivity contribution in [3.8, 4) is 5.75 Å². The van der Waals surface area contributed by atoms with Crippen LogP contribution in [0.4, 0.5) is 5.69 Å². The molecule has 0 aliphatic carbocycles. The first-order valence-electron chi connectivity index (χ1n) is 6.57. The maximum atomic E-state index is 12.4. The minimum atomic E-state index is -0.728. The van der Waals surface area contributed by atoms with Gasteiger partial charge in [0.1, 0.15) is 0 Å². The number of carbonyl (C=O) groups is 1. The molecule has 1 amide bonds. The molecule has 1 aromatic heterocycles. The molecule has 0 saturated heterocycles. The van der Waals surface area contributed by atoms with E-state index in [-0.39, 0.29) is 17.5 Å². The fraction of sp³-hybridized carbons (Fsp3) is 0.200. The minimum absolute atomic E-state index is 0.134. The highest BCUT2D eigenvalue weighted by Crippen LogP contribution is 2.27. The fourth-order valence-corrected chi connectivity index (χ4v) is 2.00. The normalized spacial score (nSPS) is 11.7. The molecule has 1 unspecified atom stereocenters. The van der Waals surface area contributed by atoms with Gasteiger partial charge in [0.25, 0.3) is 5.91 Å². The molecule has 1 N–H and O–H groups in total. The SMILES string of the molecule is CC(c1ccccn1)N(C)C(=O)c1ccc(O)c([N+](=O)[O-])c1. The van der Waals surface area contributed by atoms with Gasteiger partial charge in [0, 0.05) is 24.9 Å². The summed E-state index contributed by atoms with van der Waals surface area (Å²) in [7, 11) is 1.60. The van der Waals surface area contributed by atoms with Gasteiger partial charge in [0.15, 0.2) is 5.75 Å². The number of phenols is 1. The predicted octanol–water partition coefficient (Wildman–Crippen LogP) is 2.53. The standard InChI is InChI=1S/C15H15N3O4/c1-10(12-5-3-4-8-16-12)17(2)15(20)11-6-7-14(19)13(9-11)18(21)22/h3-10,19H,1-2H3. The Morgan fingerprint density at radius 2 is 2.09 bits per heavy atom. The molecule has 2 aromatic rings. The summed E-state index contributed by atoms with van der Waals surface area (Å²) in [6.45, 7) is 1.81. The highest BCUT2D eigenvalue weighted by atomic mass is 16.6. The number of amides is 1. The predicted molar refractivity (Wildman–Crippen MR) is 79.5 cm³/mol. The van der Waals surface area contributed by atoms with Crippen LogP contribution in [0.2, 0.25) is 0 Å². The largest absolute Gasteiger partial charge is 0.502 e. The Kier molecular flexibility index (Phi) is 4.36. The van der Waals surface area contributed by atoms with Crippen LogP contribution in [0.15, 0.2) is 42.6 Å². The van der Waals surface area contributed by atoms with Gasteiger partial charge in [-0.1, -0.05) is 6.07 Å². The third kappa shape index (κ3) is 3.03. The average Bonchev–Trinajstić information content (AvgIpc) is 2.53. The maximum absolute atomic E-state index is 12.4. The Morgan fingerprint density at radius 3 is 2.68 bits per heavy atom. The lowest BCUT2D eigenvalue weighted by molar-refractivity contribution is -0.385. The number of aromatic hydroxyl groups is 1. The Labute approximate surface area is 127 Å². The number of nitro groups is 1. The molecule has 0 aliphatic heterocycles. The highest BCUT2D eigenvalue weighted by molar-refractivity contribution is 5.95. The Balaban J connectivity index is 2.28. The zero-order valence-corrected chi connectivity index (χ0v) is 12.1. The summed E-state index contributed by atoms with van der Waals surface area (Å²) in [5, 5.41) is 20.3. The van der Waals surface area contributed by atoms with Crippen LogP contribution in [-0.2, 0) is 0 Å². The summed E-state index contributed by atoms with van der Waals surface area (Å²) in [5.74, 6) is -0.858. The van der Waals surface area contributed by atoms with Crippen LogP contribution >= 0.6 is 0 Å². The van der Waals surface area contributed by atoms with Crippen molar-refractivity contribution in [2.24, 2.45) is 0 Å². The van der Waals surface area contributed by atoms with Crippen molar-refractivity contribution in [1.29, 1.82) is 0 Å². The van der Waals surface area contributed by atoms with Crippen molar-refractivity contribution >= 4 is 11.6 Å². The lowest BCUT2D eigenvalue weighted by atomic mass is 10.1. The van der Waals surface area contributed by atoms with Crippen molar-refractivity contribution in [3.63, 3.8) is 0 Å². The lowest BCUT2D eigenvalue weighted by Gasteiger charge is -2.24. The number of hydrogen-bond acceptors (Lipinski definition) is 5. The number of pyridine rings is 1. The molecule has 1 heterocycles. The summed E-state index contributed by atoms with van der Waals surface area (Å²) in [6, 6.07) is 8.68. The Morgan fingerprint density at radius 1 is 1.36 bits per heavy atom. The molecule has 0 radical (unpaired) electrons. The van der Waals surface area contributed by atoms with Gasteiger partial charge in [0.05, 0.1) is 16.7 Å². The monoisotopic (exact) mass is 301 g/mol. The Hall–Kier alpha value is -2.96. The van der Waals surface area contributed by atoms with E-state index in [0.717, 1.165) is 12.1 Å². The molecule has 114 valence electrons. The molecular weight excluding hydrogens is 286 g/mol. The molecule has 0 spiro atoms. The summed E-state index contributed by atoms with van der Waals surface area (Å²) in [5.41, 5.74) is 0.353. The Bertz CT molecular complexity index is 703. The number of phenolic OH excluding ortho intramolecular Hbond substituents is 1. The van der Waals surface area contributed by atoms with Gasteiger partial charge >= 0.3 is 5.69 Å². The first kappa shape index (κ1) is 15.4. The number of benzene rings is 1. The topological polar surface area (TPSA) is 96.6 Å². The summed E-state index contributed by atoms with van der Waals surface area (Å²) < 4.78 is 0. The number of aromatic nitrogens is 1. The molecule has 0 saturated carbocycles. The average molecular weight is 301 g/mol. The van der Waals surface area contributed by atoms with E-state index < -0.39 is 16.4 Å². The maximum Gasteiger partial charge on any atom is 0.311 e. The van der Waals surface area contributed by atoms with Gasteiger partial charge in [-0.25, -0.2) is 0 Å². The zero-order valence-electron chi connectivity index (χ0n) is 12.1. The van der Waals surface area contributed by atoms with Crippen molar-refractivity contribution in [3.05, 3.63) is 64.0 Å². The van der Waals surface area contributed by atoms with Crippen LogP contribution in [0.5, 0.6) is 5.75 Å². The van der Waals surface area contributed by atoms with E-state index in [2.05, 4.69) is 4.98 Å². The van der Waals surface area contributed by atoms with Gasteiger partial charge < -0.3 is 10.0 Å². The molecule has 22 heavy (non-hydrogen) atoms. The summed E-state index contributed by atoms with van der Waals surface area (Å²) in [6.07, 6.45) is 1.63. The van der Waals surface area contributed by atoms with Crippen LogP contribution in [0.1, 0.15) is 29.0 Å². The summed E-state index contributed by atoms with van der Waals surface area (Å²) in [4.78, 5) is 28.2. The van der Waals surface area contributed by atoms with E-state index in [9.17, 15) is 20.0 Å². The fourth-order valence-electron chi connectivity index (χ4n) is 2.00. The molecule has 0 aliphatic rings. The molecule has 0 bridgehead atoms. The van der Waals surface area contributed by atoms with Crippen LogP contribution in [0.3, 0.4) is 0 Å². The first-order chi connectivity index (χ1) is 10.4. The van der Waals surface area contributed by atoms with Gasteiger partial charge in [0.2, 0.25) is 0 Å². The van der Waals surface area contributed by atoms with Crippen LogP contribution in [0, 0.1) is 10.1 Å². The van der Waals surface area contributed by atoms with E-state index in [1.54, 1.807) is 25.4 Å². The van der Waals surface area contributed by atoms with Crippen LogP contribution < -0.4 is 0 Å². The number of nitro benzene ring substituents is 1. The van der Waals surface area contributed by atoms with Crippen molar-refractivity contribution in [2.45, 2.75) is 13.0 Å². The zero-order chi connectivity index (χ0) is 16.3. The highest BCUT2D eigenvalue weighted by Gasteiger charge is 2.23. The molecule has 1 aromatic carbocycles. The van der Waals surface area contributed by atoms with Gasteiger partial charge in [-0.3, -0.25) is 19.9 Å². The van der Waals surface area contributed by atoms with Gasteiger partial charge in [-0.05, 0) is 31.2 Å². The van der Waals surface area contributed by atoms with Crippen molar-refractivity contribution in [2.75, 3.05) is 7.05 Å². The van der Waals surface area contributed by atoms with Gasteiger partial charge in [-0.15, -0.1) is 0 Å². The van der Waals surface area contributed by atoms with E-state index in [1.807, 2.05) is 13.0 Å². The van der Waals surface area contributed by atoms with E-state index in [0.29, 0.717) is 5.69 Å². The molecule has 1 atom stereocenters. The molecule has 7 nitrogen and oxygen atoms in total. The second kappa shape index (κ2) is 6.21. The number of rotatable bonds is 4. The van der Waals surface area contributed by atoms with Gasteiger partial charge in [-0.2, -0.15) is 0 Å². The smallest absolute Gasteiger partial charge is 0.311 e. The number of hydrogen-bond donors (Lipinski definition) is 1. The van der Waals surface area contributed by atoms with Crippen LogP contribution in [-0.4, -0.2) is 32.9 Å².